The van der Waals surface area contributed by atoms with E-state index >= 15 is 0 Å². The van der Waals surface area contributed by atoms with Gasteiger partial charge < -0.3 is 9.84 Å². The van der Waals surface area contributed by atoms with Crippen molar-refractivity contribution in [1.29, 1.82) is 0 Å². The Morgan fingerprint density at radius 1 is 1.47 bits per heavy atom. The summed E-state index contributed by atoms with van der Waals surface area (Å²) < 4.78 is 5.59. The molecule has 1 aromatic carbocycles. The Morgan fingerprint density at radius 2 is 2.18 bits per heavy atom. The lowest BCUT2D eigenvalue weighted by Crippen LogP contribution is -2.04. The Hall–Kier alpha value is -1.77. The second-order valence-corrected chi connectivity index (χ2v) is 4.39. The molecule has 0 aromatic heterocycles. The van der Waals surface area contributed by atoms with Crippen molar-refractivity contribution in [3.05, 3.63) is 35.4 Å². The predicted octanol–water partition coefficient (Wildman–Crippen LogP) is 3.13. The summed E-state index contributed by atoms with van der Waals surface area (Å²) in [5.74, 6) is 0.370. The van der Waals surface area contributed by atoms with E-state index in [4.69, 9.17) is 9.84 Å². The first-order valence-corrected chi connectivity index (χ1v) is 5.63. The Labute approximate surface area is 102 Å². The highest BCUT2D eigenvalue weighted by Crippen LogP contribution is 2.19. The van der Waals surface area contributed by atoms with E-state index in [1.165, 1.54) is 0 Å². The number of aliphatic carboxylic acids is 1. The summed E-state index contributed by atoms with van der Waals surface area (Å²) in [5.41, 5.74) is 1.90. The van der Waals surface area contributed by atoms with Gasteiger partial charge in [-0.05, 0) is 42.2 Å². The quantitative estimate of drug-likeness (QED) is 0.796. The molecule has 0 aliphatic heterocycles. The van der Waals surface area contributed by atoms with Crippen LogP contribution in [0.2, 0.25) is 0 Å². The largest absolute Gasteiger partial charge is 0.493 e. The van der Waals surface area contributed by atoms with Crippen molar-refractivity contribution in [2.24, 2.45) is 5.92 Å². The molecule has 0 saturated carbocycles. The van der Waals surface area contributed by atoms with Gasteiger partial charge in [-0.15, -0.1) is 0 Å². The second-order valence-electron chi connectivity index (χ2n) is 4.39. The summed E-state index contributed by atoms with van der Waals surface area (Å²) in [6, 6.07) is 5.64. The highest BCUT2D eigenvalue weighted by molar-refractivity contribution is 5.85. The Morgan fingerprint density at radius 3 is 2.71 bits per heavy atom. The molecular formula is C14H18O3. The normalized spacial score (nSPS) is 11.1. The number of hydrogen-bond donors (Lipinski definition) is 1. The van der Waals surface area contributed by atoms with Gasteiger partial charge in [0.2, 0.25) is 0 Å². The van der Waals surface area contributed by atoms with E-state index in [0.29, 0.717) is 12.5 Å². The third-order valence-electron chi connectivity index (χ3n) is 2.23. The SMILES string of the molecule is Cc1cc(OCC(C)C)ccc1/C=C/C(=O)O. The standard InChI is InChI=1S/C14H18O3/c1-10(2)9-17-13-6-4-12(11(3)8-13)5-7-14(15)16/h4-8,10H,9H2,1-3H3,(H,15,16)/b7-5+. The zero-order chi connectivity index (χ0) is 12.8. The number of aryl methyl sites for hydroxylation is 1. The van der Waals surface area contributed by atoms with Crippen LogP contribution in [0.1, 0.15) is 25.0 Å². The van der Waals surface area contributed by atoms with Gasteiger partial charge in [0.1, 0.15) is 5.75 Å². The molecule has 0 aliphatic carbocycles. The predicted molar refractivity (Wildman–Crippen MR) is 68.2 cm³/mol. The van der Waals surface area contributed by atoms with Crippen LogP contribution in [0.4, 0.5) is 0 Å². The summed E-state index contributed by atoms with van der Waals surface area (Å²) in [6.07, 6.45) is 2.72. The number of carbonyl (C=O) groups is 1. The maximum Gasteiger partial charge on any atom is 0.328 e. The number of rotatable bonds is 5. The molecule has 17 heavy (non-hydrogen) atoms. The molecule has 92 valence electrons. The lowest BCUT2D eigenvalue weighted by atomic mass is 10.1. The molecule has 0 aliphatic rings. The van der Waals surface area contributed by atoms with Crippen molar-refractivity contribution in [1.82, 2.24) is 0 Å². The van der Waals surface area contributed by atoms with Crippen LogP contribution in [-0.4, -0.2) is 17.7 Å². The third-order valence-corrected chi connectivity index (χ3v) is 2.23. The van der Waals surface area contributed by atoms with E-state index in [9.17, 15) is 4.79 Å². The third kappa shape index (κ3) is 4.72. The average molecular weight is 234 g/mol. The van der Waals surface area contributed by atoms with Gasteiger partial charge in [0, 0.05) is 6.08 Å². The lowest BCUT2D eigenvalue weighted by molar-refractivity contribution is -0.131. The fraction of sp³-hybridized carbons (Fsp3) is 0.357. The first-order chi connectivity index (χ1) is 7.99. The number of hydrogen-bond acceptors (Lipinski definition) is 2. The van der Waals surface area contributed by atoms with Gasteiger partial charge in [-0.1, -0.05) is 19.9 Å². The minimum Gasteiger partial charge on any atom is -0.493 e. The average Bonchev–Trinajstić information content (AvgIpc) is 2.24. The summed E-state index contributed by atoms with van der Waals surface area (Å²) in [4.78, 5) is 10.4. The fourth-order valence-electron chi connectivity index (χ4n) is 1.35. The number of ether oxygens (including phenoxy) is 1. The van der Waals surface area contributed by atoms with Crippen LogP contribution in [0, 0.1) is 12.8 Å². The Bertz CT molecular complexity index is 419. The molecule has 0 amide bonds. The highest BCUT2D eigenvalue weighted by Gasteiger charge is 2.00. The van der Waals surface area contributed by atoms with Crippen molar-refractivity contribution in [2.75, 3.05) is 6.61 Å². The Kier molecular flexibility index (Phi) is 4.76. The molecule has 1 N–H and O–H groups in total. The van der Waals surface area contributed by atoms with Gasteiger partial charge in [0.05, 0.1) is 6.61 Å². The van der Waals surface area contributed by atoms with Crippen molar-refractivity contribution >= 4 is 12.0 Å². The van der Waals surface area contributed by atoms with E-state index < -0.39 is 5.97 Å². The zero-order valence-electron chi connectivity index (χ0n) is 10.4. The van der Waals surface area contributed by atoms with E-state index in [-0.39, 0.29) is 0 Å². The molecule has 1 aromatic rings. The highest BCUT2D eigenvalue weighted by atomic mass is 16.5. The maximum atomic E-state index is 10.4. The van der Waals surface area contributed by atoms with Crippen molar-refractivity contribution < 1.29 is 14.6 Å². The van der Waals surface area contributed by atoms with Gasteiger partial charge in [0.15, 0.2) is 0 Å². The van der Waals surface area contributed by atoms with Gasteiger partial charge in [0.25, 0.3) is 0 Å². The monoisotopic (exact) mass is 234 g/mol. The van der Waals surface area contributed by atoms with E-state index in [2.05, 4.69) is 13.8 Å². The minimum absolute atomic E-state index is 0.488. The van der Waals surface area contributed by atoms with Crippen LogP contribution in [0.5, 0.6) is 5.75 Å². The van der Waals surface area contributed by atoms with Crippen LogP contribution >= 0.6 is 0 Å². The summed E-state index contributed by atoms with van der Waals surface area (Å²) in [6.45, 7) is 6.81. The molecule has 0 saturated heterocycles. The summed E-state index contributed by atoms with van der Waals surface area (Å²) in [5, 5.41) is 8.55. The molecule has 0 spiro atoms. The molecule has 1 rings (SSSR count). The molecule has 0 atom stereocenters. The topological polar surface area (TPSA) is 46.5 Å². The molecule has 0 radical (unpaired) electrons. The number of benzene rings is 1. The van der Waals surface area contributed by atoms with Crippen LogP contribution in [-0.2, 0) is 4.79 Å². The van der Waals surface area contributed by atoms with Crippen LogP contribution in [0.3, 0.4) is 0 Å². The Balaban J connectivity index is 2.75. The molecular weight excluding hydrogens is 216 g/mol. The molecule has 0 unspecified atom stereocenters. The van der Waals surface area contributed by atoms with Gasteiger partial charge in [-0.2, -0.15) is 0 Å². The first-order valence-electron chi connectivity index (χ1n) is 5.63. The number of carboxylic acid groups (broad SMARTS) is 1. The van der Waals surface area contributed by atoms with Crippen LogP contribution in [0.15, 0.2) is 24.3 Å². The van der Waals surface area contributed by atoms with Gasteiger partial charge in [-0.25, -0.2) is 4.79 Å². The van der Waals surface area contributed by atoms with Crippen molar-refractivity contribution in [3.63, 3.8) is 0 Å². The minimum atomic E-state index is -0.940. The number of carboxylic acids is 1. The van der Waals surface area contributed by atoms with E-state index in [0.717, 1.165) is 23.0 Å². The first kappa shape index (κ1) is 13.3. The maximum absolute atomic E-state index is 10.4. The lowest BCUT2D eigenvalue weighted by Gasteiger charge is -2.10. The fourth-order valence-corrected chi connectivity index (χ4v) is 1.35. The van der Waals surface area contributed by atoms with Gasteiger partial charge in [-0.3, -0.25) is 0 Å². The van der Waals surface area contributed by atoms with E-state index in [1.807, 2.05) is 25.1 Å². The molecule has 0 heterocycles. The van der Waals surface area contributed by atoms with Gasteiger partial charge >= 0.3 is 5.97 Å². The van der Waals surface area contributed by atoms with Crippen molar-refractivity contribution in [3.8, 4) is 5.75 Å². The molecule has 0 bridgehead atoms. The molecule has 0 fully saturated rings. The van der Waals surface area contributed by atoms with E-state index in [1.54, 1.807) is 6.08 Å². The molecule has 3 nitrogen and oxygen atoms in total. The molecule has 3 heteroatoms. The second kappa shape index (κ2) is 6.09. The van der Waals surface area contributed by atoms with Crippen LogP contribution in [0.25, 0.3) is 6.08 Å². The van der Waals surface area contributed by atoms with Crippen LogP contribution < -0.4 is 4.74 Å². The zero-order valence-corrected chi connectivity index (χ0v) is 10.4. The van der Waals surface area contributed by atoms with Crippen molar-refractivity contribution in [2.45, 2.75) is 20.8 Å². The smallest absolute Gasteiger partial charge is 0.328 e. The summed E-state index contributed by atoms with van der Waals surface area (Å²) >= 11 is 0. The summed E-state index contributed by atoms with van der Waals surface area (Å²) in [7, 11) is 0.